The first kappa shape index (κ1) is 21.3. The molecule has 1 amide bonds. The Bertz CT molecular complexity index is 981. The summed E-state index contributed by atoms with van der Waals surface area (Å²) in [4.78, 5) is 16.1. The Kier molecular flexibility index (Phi) is 5.95. The first-order valence-electron chi connectivity index (χ1n) is 9.03. The number of carbonyl (C=O) groups is 1. The Morgan fingerprint density at radius 2 is 2.00 bits per heavy atom. The number of rotatable bonds is 7. The average molecular weight is 426 g/mol. The number of nitrogens with zero attached hydrogens (tertiary/aromatic N) is 3. The van der Waals surface area contributed by atoms with E-state index in [1.54, 1.807) is 28.9 Å². The van der Waals surface area contributed by atoms with Gasteiger partial charge in [0.2, 0.25) is 11.5 Å². The molecule has 0 aliphatic carbocycles. The van der Waals surface area contributed by atoms with E-state index in [-0.39, 0.29) is 6.54 Å². The molecule has 0 saturated carbocycles. The van der Waals surface area contributed by atoms with Crippen molar-refractivity contribution in [1.29, 1.82) is 0 Å². The quantitative estimate of drug-likeness (QED) is 0.567. The van der Waals surface area contributed by atoms with Crippen LogP contribution in [0.2, 0.25) is 0 Å². The zero-order valence-electron chi connectivity index (χ0n) is 16.0. The van der Waals surface area contributed by atoms with Gasteiger partial charge in [0.15, 0.2) is 0 Å². The highest BCUT2D eigenvalue weighted by molar-refractivity contribution is 7.18. The fourth-order valence-corrected chi connectivity index (χ4v) is 4.07. The third-order valence-corrected chi connectivity index (χ3v) is 5.69. The zero-order chi connectivity index (χ0) is 21.2. The van der Waals surface area contributed by atoms with Gasteiger partial charge >= 0.3 is 6.18 Å². The summed E-state index contributed by atoms with van der Waals surface area (Å²) in [6, 6.07) is 8.41. The van der Waals surface area contributed by atoms with Crippen LogP contribution in [0.15, 0.2) is 30.3 Å². The van der Waals surface area contributed by atoms with Crippen LogP contribution in [0.5, 0.6) is 0 Å². The molecular formula is C19H21F3N4O2S. The number of thiazole rings is 1. The highest BCUT2D eigenvalue weighted by Crippen LogP contribution is 2.44. The zero-order valence-corrected chi connectivity index (χ0v) is 16.8. The summed E-state index contributed by atoms with van der Waals surface area (Å²) in [5, 5.41) is 16.6. The summed E-state index contributed by atoms with van der Waals surface area (Å²) < 4.78 is 43.3. The van der Waals surface area contributed by atoms with E-state index < -0.39 is 29.1 Å². The molecule has 0 aliphatic rings. The molecule has 0 spiro atoms. The maximum atomic E-state index is 13.7. The van der Waals surface area contributed by atoms with Crippen LogP contribution in [-0.2, 0) is 16.9 Å². The smallest absolute Gasteiger partial charge is 0.374 e. The monoisotopic (exact) mass is 426 g/mol. The van der Waals surface area contributed by atoms with Crippen LogP contribution < -0.4 is 5.32 Å². The number of carbonyl (C=O) groups excluding carboxylic acids is 1. The number of aryl methyl sites for hydroxylation is 3. The Morgan fingerprint density at radius 3 is 2.62 bits per heavy atom. The van der Waals surface area contributed by atoms with Gasteiger partial charge < -0.3 is 10.4 Å². The van der Waals surface area contributed by atoms with Crippen molar-refractivity contribution in [2.24, 2.45) is 0 Å². The summed E-state index contributed by atoms with van der Waals surface area (Å²) in [5.41, 5.74) is -1.15. The van der Waals surface area contributed by atoms with Crippen LogP contribution >= 0.6 is 11.3 Å². The van der Waals surface area contributed by atoms with Crippen molar-refractivity contribution in [3.63, 3.8) is 0 Å². The molecule has 6 nitrogen and oxygen atoms in total. The largest absolute Gasteiger partial charge is 0.424 e. The lowest BCUT2D eigenvalue weighted by atomic mass is 9.99. The maximum absolute atomic E-state index is 13.7. The van der Waals surface area contributed by atoms with Gasteiger partial charge in [-0.3, -0.25) is 9.48 Å². The number of amides is 1. The number of alkyl halides is 3. The Hall–Kier alpha value is -2.46. The number of fused-ring (bicyclic) bond motifs is 1. The molecule has 156 valence electrons. The average Bonchev–Trinajstić information content (AvgIpc) is 3.20. The molecule has 1 unspecified atom stereocenters. The second kappa shape index (κ2) is 8.11. The van der Waals surface area contributed by atoms with Gasteiger partial charge in [0.05, 0.1) is 22.3 Å². The lowest BCUT2D eigenvalue weighted by Crippen LogP contribution is -2.46. The van der Waals surface area contributed by atoms with Gasteiger partial charge in [-0.2, -0.15) is 18.3 Å². The van der Waals surface area contributed by atoms with Crippen molar-refractivity contribution in [1.82, 2.24) is 20.1 Å². The molecule has 2 heterocycles. The van der Waals surface area contributed by atoms with E-state index in [9.17, 15) is 23.1 Å². The van der Waals surface area contributed by atoms with Gasteiger partial charge in [-0.25, -0.2) is 4.98 Å². The second-order valence-corrected chi connectivity index (χ2v) is 7.91. The van der Waals surface area contributed by atoms with Gasteiger partial charge in [0.25, 0.3) is 0 Å². The third kappa shape index (κ3) is 4.59. The van der Waals surface area contributed by atoms with Crippen molar-refractivity contribution in [3.05, 3.63) is 46.7 Å². The molecule has 2 N–H and O–H groups in total. The van der Waals surface area contributed by atoms with Crippen molar-refractivity contribution in [3.8, 4) is 0 Å². The lowest BCUT2D eigenvalue weighted by molar-refractivity contribution is -0.267. The fraction of sp³-hybridized carbons (Fsp3) is 0.421. The molecule has 0 fully saturated rings. The standard InChI is InChI=1S/C19H21F3N4O2S/c1-12-10-13(2)26(25-12)9-5-8-23-16(27)11-18(28,19(20,21)22)17-24-14-6-3-4-7-15(14)29-17/h3-4,6-7,10,28H,5,8-9,11H2,1-2H3,(H,23,27). The summed E-state index contributed by atoms with van der Waals surface area (Å²) in [6.45, 7) is 4.47. The first-order valence-corrected chi connectivity index (χ1v) is 9.85. The van der Waals surface area contributed by atoms with Gasteiger partial charge in [-0.05, 0) is 38.5 Å². The molecule has 10 heteroatoms. The van der Waals surface area contributed by atoms with Crippen LogP contribution in [0, 0.1) is 13.8 Å². The Labute approximate surface area is 169 Å². The van der Waals surface area contributed by atoms with Gasteiger partial charge in [-0.1, -0.05) is 12.1 Å². The van der Waals surface area contributed by atoms with Crippen LogP contribution in [0.4, 0.5) is 13.2 Å². The van der Waals surface area contributed by atoms with Crippen molar-refractivity contribution < 1.29 is 23.1 Å². The third-order valence-electron chi connectivity index (χ3n) is 4.51. The van der Waals surface area contributed by atoms with Gasteiger partial charge in [-0.15, -0.1) is 11.3 Å². The number of hydrogen-bond acceptors (Lipinski definition) is 5. The van der Waals surface area contributed by atoms with E-state index in [0.717, 1.165) is 22.7 Å². The van der Waals surface area contributed by atoms with Crippen molar-refractivity contribution in [2.45, 2.75) is 45.0 Å². The van der Waals surface area contributed by atoms with Crippen molar-refractivity contribution >= 4 is 27.5 Å². The molecule has 0 aliphatic heterocycles. The normalized spacial score (nSPS) is 14.1. The van der Waals surface area contributed by atoms with Crippen LogP contribution in [0.3, 0.4) is 0 Å². The van der Waals surface area contributed by atoms with Gasteiger partial charge in [0.1, 0.15) is 5.01 Å². The molecule has 29 heavy (non-hydrogen) atoms. The second-order valence-electron chi connectivity index (χ2n) is 6.88. The lowest BCUT2D eigenvalue weighted by Gasteiger charge is -2.27. The van der Waals surface area contributed by atoms with Crippen molar-refractivity contribution in [2.75, 3.05) is 6.54 Å². The molecule has 2 aromatic heterocycles. The SMILES string of the molecule is Cc1cc(C)n(CCCNC(=O)CC(O)(c2nc3ccccc3s2)C(F)(F)F)n1. The number of aromatic nitrogens is 3. The number of benzene rings is 1. The minimum Gasteiger partial charge on any atom is -0.374 e. The van der Waals surface area contributed by atoms with E-state index in [2.05, 4.69) is 15.4 Å². The van der Waals surface area contributed by atoms with E-state index >= 15 is 0 Å². The number of aliphatic hydroxyl groups is 1. The number of hydrogen-bond donors (Lipinski definition) is 2. The molecule has 1 atom stereocenters. The minimum atomic E-state index is -5.04. The minimum absolute atomic E-state index is 0.172. The van der Waals surface area contributed by atoms with Gasteiger partial charge in [0, 0.05) is 18.8 Å². The van der Waals surface area contributed by atoms with Crippen LogP contribution in [0.25, 0.3) is 10.2 Å². The Morgan fingerprint density at radius 1 is 1.28 bits per heavy atom. The molecule has 0 bridgehead atoms. The molecule has 1 aromatic carbocycles. The molecule has 3 aromatic rings. The van der Waals surface area contributed by atoms with E-state index in [0.29, 0.717) is 23.2 Å². The van der Waals surface area contributed by atoms with Crippen LogP contribution in [0.1, 0.15) is 29.2 Å². The number of para-hydroxylation sites is 1. The Balaban J connectivity index is 1.65. The highest BCUT2D eigenvalue weighted by Gasteiger charge is 2.58. The van der Waals surface area contributed by atoms with E-state index in [4.69, 9.17) is 0 Å². The highest BCUT2D eigenvalue weighted by atomic mass is 32.1. The molecular weight excluding hydrogens is 405 g/mol. The maximum Gasteiger partial charge on any atom is 0.424 e. The summed E-state index contributed by atoms with van der Waals surface area (Å²) >= 11 is 0.730. The molecule has 0 saturated heterocycles. The fourth-order valence-electron chi connectivity index (χ4n) is 3.00. The number of nitrogens with one attached hydrogen (secondary N) is 1. The summed E-state index contributed by atoms with van der Waals surface area (Å²) in [6.07, 6.45) is -5.68. The first-order chi connectivity index (χ1) is 13.6. The predicted octanol–water partition coefficient (Wildman–Crippen LogP) is 3.46. The molecule has 0 radical (unpaired) electrons. The van der Waals surface area contributed by atoms with E-state index in [1.165, 1.54) is 0 Å². The summed E-state index contributed by atoms with van der Waals surface area (Å²) in [7, 11) is 0. The van der Waals surface area contributed by atoms with E-state index in [1.807, 2.05) is 19.9 Å². The molecule has 3 rings (SSSR count). The number of halogens is 3. The predicted molar refractivity (Wildman–Crippen MR) is 104 cm³/mol. The summed E-state index contributed by atoms with van der Waals surface area (Å²) in [5.74, 6) is -0.891. The topological polar surface area (TPSA) is 80.0 Å². The van der Waals surface area contributed by atoms with Crippen LogP contribution in [-0.4, -0.2) is 38.5 Å².